The number of hydrogen-bond acceptors (Lipinski definition) is 2. The molecule has 0 bridgehead atoms. The molecule has 0 aliphatic rings. The second kappa shape index (κ2) is 6.04. The van der Waals surface area contributed by atoms with Crippen LogP contribution in [0.5, 0.6) is 0 Å². The van der Waals surface area contributed by atoms with Crippen molar-refractivity contribution in [1.82, 2.24) is 15.1 Å². The minimum absolute atomic E-state index is 0.425. The van der Waals surface area contributed by atoms with Gasteiger partial charge in [-0.1, -0.05) is 13.8 Å². The smallest absolute Gasteiger partial charge is 0.0618 e. The lowest BCUT2D eigenvalue weighted by molar-refractivity contribution is 0.396. The van der Waals surface area contributed by atoms with Crippen LogP contribution in [-0.2, 0) is 0 Å². The highest BCUT2D eigenvalue weighted by molar-refractivity contribution is 5.07. The van der Waals surface area contributed by atoms with Gasteiger partial charge in [0.1, 0.15) is 0 Å². The minimum atomic E-state index is 0.425. The lowest BCUT2D eigenvalue weighted by Crippen LogP contribution is -2.33. The predicted octanol–water partition coefficient (Wildman–Crippen LogP) is 2.84. The quantitative estimate of drug-likeness (QED) is 0.803. The summed E-state index contributed by atoms with van der Waals surface area (Å²) in [5.41, 5.74) is 2.35. The van der Waals surface area contributed by atoms with Crippen LogP contribution in [0.25, 0.3) is 0 Å². The molecule has 0 amide bonds. The second-order valence-corrected chi connectivity index (χ2v) is 4.64. The first-order valence-electron chi connectivity index (χ1n) is 6.34. The van der Waals surface area contributed by atoms with E-state index < -0.39 is 0 Å². The fraction of sp³-hybridized carbons (Fsp3) is 0.769. The maximum absolute atomic E-state index is 4.52. The number of nitrogens with one attached hydrogen (secondary N) is 1. The highest BCUT2D eigenvalue weighted by Crippen LogP contribution is 2.10. The summed E-state index contributed by atoms with van der Waals surface area (Å²) >= 11 is 0. The molecular formula is C13H25N3. The molecule has 1 N–H and O–H groups in total. The predicted molar refractivity (Wildman–Crippen MR) is 68.8 cm³/mol. The standard InChI is InChI=1S/C13H25N3/c1-6-13(7-2)14-9-12(5)16-11(4)8-10(3)15-16/h8,12-14H,6-7,9H2,1-5H3. The average molecular weight is 223 g/mol. The molecule has 16 heavy (non-hydrogen) atoms. The Morgan fingerprint density at radius 2 is 1.94 bits per heavy atom. The molecule has 1 aromatic rings. The van der Waals surface area contributed by atoms with Crippen molar-refractivity contribution in [2.45, 2.75) is 59.5 Å². The van der Waals surface area contributed by atoms with Crippen LogP contribution >= 0.6 is 0 Å². The Kier molecular flexibility index (Phi) is 5.00. The summed E-state index contributed by atoms with van der Waals surface area (Å²) in [5, 5.41) is 8.11. The van der Waals surface area contributed by atoms with Crippen LogP contribution in [0.15, 0.2) is 6.07 Å². The van der Waals surface area contributed by atoms with E-state index in [-0.39, 0.29) is 0 Å². The van der Waals surface area contributed by atoms with E-state index in [1.54, 1.807) is 0 Å². The summed E-state index contributed by atoms with van der Waals surface area (Å²) in [5.74, 6) is 0. The van der Waals surface area contributed by atoms with Crippen LogP contribution in [0.1, 0.15) is 51.0 Å². The maximum atomic E-state index is 4.52. The molecule has 0 fully saturated rings. The lowest BCUT2D eigenvalue weighted by Gasteiger charge is -2.20. The van der Waals surface area contributed by atoms with Crippen molar-refractivity contribution in [2.75, 3.05) is 6.54 Å². The molecule has 0 aliphatic heterocycles. The molecule has 0 saturated carbocycles. The summed E-state index contributed by atoms with van der Waals surface area (Å²) in [6, 6.07) is 3.20. The van der Waals surface area contributed by atoms with Crippen molar-refractivity contribution in [3.8, 4) is 0 Å². The van der Waals surface area contributed by atoms with Gasteiger partial charge in [0.25, 0.3) is 0 Å². The first-order chi connectivity index (χ1) is 7.58. The van der Waals surface area contributed by atoms with E-state index in [4.69, 9.17) is 0 Å². The SMILES string of the molecule is CCC(CC)NCC(C)n1nc(C)cc1C. The Morgan fingerprint density at radius 3 is 2.38 bits per heavy atom. The molecule has 0 spiro atoms. The topological polar surface area (TPSA) is 29.9 Å². The molecule has 3 heteroatoms. The van der Waals surface area contributed by atoms with Crippen molar-refractivity contribution < 1.29 is 0 Å². The molecule has 92 valence electrons. The van der Waals surface area contributed by atoms with Crippen molar-refractivity contribution in [1.29, 1.82) is 0 Å². The minimum Gasteiger partial charge on any atom is -0.312 e. The molecule has 3 nitrogen and oxygen atoms in total. The third-order valence-corrected chi connectivity index (χ3v) is 3.15. The van der Waals surface area contributed by atoms with Crippen LogP contribution in [0.3, 0.4) is 0 Å². The second-order valence-electron chi connectivity index (χ2n) is 4.64. The van der Waals surface area contributed by atoms with E-state index in [1.165, 1.54) is 18.5 Å². The molecule has 1 rings (SSSR count). The zero-order chi connectivity index (χ0) is 12.1. The Balaban J connectivity index is 2.52. The fourth-order valence-corrected chi connectivity index (χ4v) is 2.09. The van der Waals surface area contributed by atoms with E-state index in [1.807, 2.05) is 6.92 Å². The van der Waals surface area contributed by atoms with Gasteiger partial charge in [-0.05, 0) is 39.7 Å². The average Bonchev–Trinajstić information content (AvgIpc) is 2.59. The van der Waals surface area contributed by atoms with Crippen molar-refractivity contribution in [3.63, 3.8) is 0 Å². The van der Waals surface area contributed by atoms with Gasteiger partial charge < -0.3 is 5.32 Å². The van der Waals surface area contributed by atoms with Crippen LogP contribution in [0, 0.1) is 13.8 Å². The summed E-state index contributed by atoms with van der Waals surface area (Å²) in [7, 11) is 0. The zero-order valence-electron chi connectivity index (χ0n) is 11.2. The van der Waals surface area contributed by atoms with Crippen molar-refractivity contribution in [3.05, 3.63) is 17.5 Å². The lowest BCUT2D eigenvalue weighted by atomic mass is 10.1. The van der Waals surface area contributed by atoms with Gasteiger partial charge in [-0.3, -0.25) is 4.68 Å². The van der Waals surface area contributed by atoms with Gasteiger partial charge in [0.15, 0.2) is 0 Å². The molecule has 0 aliphatic carbocycles. The molecule has 0 radical (unpaired) electrons. The molecule has 1 aromatic heterocycles. The first kappa shape index (κ1) is 13.2. The van der Waals surface area contributed by atoms with Gasteiger partial charge in [0, 0.05) is 18.3 Å². The van der Waals surface area contributed by atoms with Gasteiger partial charge in [-0.25, -0.2) is 0 Å². The van der Waals surface area contributed by atoms with Gasteiger partial charge in [0.2, 0.25) is 0 Å². The van der Waals surface area contributed by atoms with E-state index in [9.17, 15) is 0 Å². The maximum Gasteiger partial charge on any atom is 0.0618 e. The van der Waals surface area contributed by atoms with Crippen LogP contribution < -0.4 is 5.32 Å². The van der Waals surface area contributed by atoms with Gasteiger partial charge >= 0.3 is 0 Å². The number of rotatable bonds is 6. The van der Waals surface area contributed by atoms with Crippen LogP contribution in [-0.4, -0.2) is 22.4 Å². The van der Waals surface area contributed by atoms with Gasteiger partial charge in [-0.2, -0.15) is 5.10 Å². The van der Waals surface area contributed by atoms with E-state index in [2.05, 4.69) is 48.9 Å². The Bertz CT molecular complexity index is 313. The Labute approximate surface area is 99.2 Å². The fourth-order valence-electron chi connectivity index (χ4n) is 2.09. The highest BCUT2D eigenvalue weighted by Gasteiger charge is 2.10. The zero-order valence-corrected chi connectivity index (χ0v) is 11.2. The van der Waals surface area contributed by atoms with E-state index in [0.717, 1.165) is 12.2 Å². The molecule has 1 unspecified atom stereocenters. The summed E-state index contributed by atoms with van der Waals surface area (Å²) in [6.07, 6.45) is 2.39. The third kappa shape index (κ3) is 3.34. The summed E-state index contributed by atoms with van der Waals surface area (Å²) in [6.45, 7) is 11.8. The third-order valence-electron chi connectivity index (χ3n) is 3.15. The molecule has 1 atom stereocenters. The molecule has 0 aromatic carbocycles. The van der Waals surface area contributed by atoms with E-state index in [0.29, 0.717) is 12.1 Å². The molecule has 1 heterocycles. The summed E-state index contributed by atoms with van der Waals surface area (Å²) in [4.78, 5) is 0. The largest absolute Gasteiger partial charge is 0.312 e. The number of aromatic nitrogens is 2. The van der Waals surface area contributed by atoms with Crippen LogP contribution in [0.4, 0.5) is 0 Å². The number of nitrogens with zero attached hydrogens (tertiary/aromatic N) is 2. The van der Waals surface area contributed by atoms with E-state index >= 15 is 0 Å². The van der Waals surface area contributed by atoms with Crippen molar-refractivity contribution in [2.24, 2.45) is 0 Å². The molecule has 0 saturated heterocycles. The Morgan fingerprint density at radius 1 is 1.31 bits per heavy atom. The van der Waals surface area contributed by atoms with Gasteiger partial charge in [-0.15, -0.1) is 0 Å². The van der Waals surface area contributed by atoms with Gasteiger partial charge in [0.05, 0.1) is 11.7 Å². The monoisotopic (exact) mass is 223 g/mol. The normalized spacial score (nSPS) is 13.4. The number of aryl methyl sites for hydroxylation is 2. The van der Waals surface area contributed by atoms with Crippen molar-refractivity contribution >= 4 is 0 Å². The highest BCUT2D eigenvalue weighted by atomic mass is 15.3. The van der Waals surface area contributed by atoms with Crippen LogP contribution in [0.2, 0.25) is 0 Å². The molecular weight excluding hydrogens is 198 g/mol. The first-order valence-corrected chi connectivity index (χ1v) is 6.34. The Hall–Kier alpha value is -0.830. The summed E-state index contributed by atoms with van der Waals surface area (Å²) < 4.78 is 2.12. The number of hydrogen-bond donors (Lipinski definition) is 1.